The van der Waals surface area contributed by atoms with Gasteiger partial charge in [-0.3, -0.25) is 0 Å². The van der Waals surface area contributed by atoms with Gasteiger partial charge in [-0.15, -0.1) is 0 Å². The summed E-state index contributed by atoms with van der Waals surface area (Å²) >= 11 is 0. The number of amides is 2. The summed E-state index contributed by atoms with van der Waals surface area (Å²) in [6, 6.07) is 5.75. The van der Waals surface area contributed by atoms with E-state index in [2.05, 4.69) is 5.32 Å². The molecule has 6 heteroatoms. The normalized spacial score (nSPS) is 15.4. The Kier molecular flexibility index (Phi) is 5.80. The first-order chi connectivity index (χ1) is 11.8. The van der Waals surface area contributed by atoms with Crippen LogP contribution in [0.2, 0.25) is 0 Å². The predicted octanol–water partition coefficient (Wildman–Crippen LogP) is 2.76. The van der Waals surface area contributed by atoms with Crippen molar-refractivity contribution in [1.82, 2.24) is 10.2 Å². The van der Waals surface area contributed by atoms with Crippen molar-refractivity contribution in [1.29, 1.82) is 0 Å². The number of carbonyl (C=O) groups is 1. The number of fused-ring (bicyclic) bond motifs is 1. The van der Waals surface area contributed by atoms with Crippen LogP contribution in [-0.2, 0) is 11.3 Å². The van der Waals surface area contributed by atoms with Crippen LogP contribution in [0.4, 0.5) is 4.79 Å². The number of urea groups is 1. The van der Waals surface area contributed by atoms with E-state index in [0.717, 1.165) is 36.0 Å². The molecule has 1 aromatic rings. The summed E-state index contributed by atoms with van der Waals surface area (Å²) in [7, 11) is 0. The Morgan fingerprint density at radius 3 is 2.96 bits per heavy atom. The van der Waals surface area contributed by atoms with Crippen molar-refractivity contribution in [3.63, 3.8) is 0 Å². The van der Waals surface area contributed by atoms with Gasteiger partial charge in [-0.25, -0.2) is 4.79 Å². The zero-order valence-electron chi connectivity index (χ0n) is 14.3. The molecule has 1 saturated carbocycles. The van der Waals surface area contributed by atoms with Crippen molar-refractivity contribution in [2.24, 2.45) is 5.92 Å². The van der Waals surface area contributed by atoms with Gasteiger partial charge in [0, 0.05) is 32.8 Å². The van der Waals surface area contributed by atoms with E-state index in [-0.39, 0.29) is 12.8 Å². The molecule has 0 bridgehead atoms. The average molecular weight is 334 g/mol. The molecule has 3 rings (SSSR count). The molecule has 0 radical (unpaired) electrons. The Morgan fingerprint density at radius 1 is 1.33 bits per heavy atom. The Labute approximate surface area is 143 Å². The van der Waals surface area contributed by atoms with Crippen molar-refractivity contribution in [2.45, 2.75) is 32.7 Å². The van der Waals surface area contributed by atoms with E-state index >= 15 is 0 Å². The van der Waals surface area contributed by atoms with Crippen LogP contribution in [-0.4, -0.2) is 44.0 Å². The largest absolute Gasteiger partial charge is 0.454 e. The second kappa shape index (κ2) is 8.24. The summed E-state index contributed by atoms with van der Waals surface area (Å²) in [5.41, 5.74) is 1.03. The van der Waals surface area contributed by atoms with E-state index in [9.17, 15) is 4.79 Å². The first-order valence-corrected chi connectivity index (χ1v) is 8.75. The molecular weight excluding hydrogens is 308 g/mol. The summed E-state index contributed by atoms with van der Waals surface area (Å²) in [5.74, 6) is 2.30. The topological polar surface area (TPSA) is 60.0 Å². The minimum absolute atomic E-state index is 0.0441. The zero-order chi connectivity index (χ0) is 16.8. The van der Waals surface area contributed by atoms with E-state index in [4.69, 9.17) is 14.2 Å². The molecule has 1 fully saturated rings. The minimum Gasteiger partial charge on any atom is -0.454 e. The molecule has 1 aromatic carbocycles. The lowest BCUT2D eigenvalue weighted by Crippen LogP contribution is -2.40. The number of rotatable bonds is 9. The van der Waals surface area contributed by atoms with Crippen molar-refractivity contribution in [2.75, 3.05) is 33.1 Å². The van der Waals surface area contributed by atoms with Crippen LogP contribution in [0.3, 0.4) is 0 Å². The highest BCUT2D eigenvalue weighted by molar-refractivity contribution is 5.74. The number of hydrogen-bond acceptors (Lipinski definition) is 4. The smallest absolute Gasteiger partial charge is 0.317 e. The summed E-state index contributed by atoms with van der Waals surface area (Å²) in [5, 5.41) is 2.96. The molecule has 0 atom stereocenters. The van der Waals surface area contributed by atoms with Gasteiger partial charge < -0.3 is 24.4 Å². The summed E-state index contributed by atoms with van der Waals surface area (Å²) in [6.45, 7) is 5.67. The predicted molar refractivity (Wildman–Crippen MR) is 90.2 cm³/mol. The number of carbonyl (C=O) groups excluding carboxylic acids is 1. The Morgan fingerprint density at radius 2 is 2.17 bits per heavy atom. The number of benzene rings is 1. The monoisotopic (exact) mass is 334 g/mol. The molecule has 132 valence electrons. The Hall–Kier alpha value is -1.95. The number of hydrogen-bond donors (Lipinski definition) is 1. The zero-order valence-corrected chi connectivity index (χ0v) is 14.3. The van der Waals surface area contributed by atoms with Gasteiger partial charge in [0.25, 0.3) is 0 Å². The van der Waals surface area contributed by atoms with Gasteiger partial charge in [-0.05, 0) is 49.8 Å². The van der Waals surface area contributed by atoms with Crippen LogP contribution in [0.5, 0.6) is 11.5 Å². The number of nitrogens with zero attached hydrogens (tertiary/aromatic N) is 1. The lowest BCUT2D eigenvalue weighted by atomic mass is 10.2. The van der Waals surface area contributed by atoms with Crippen LogP contribution in [0.15, 0.2) is 18.2 Å². The molecule has 1 aliphatic carbocycles. The molecular formula is C18H26N2O4. The second-order valence-corrected chi connectivity index (χ2v) is 6.31. The highest BCUT2D eigenvalue weighted by Gasteiger charge is 2.21. The fraction of sp³-hybridized carbons (Fsp3) is 0.611. The molecule has 0 unspecified atom stereocenters. The Bertz CT molecular complexity index is 560. The van der Waals surface area contributed by atoms with E-state index in [1.165, 1.54) is 12.8 Å². The van der Waals surface area contributed by atoms with Gasteiger partial charge in [0.2, 0.25) is 6.79 Å². The summed E-state index contributed by atoms with van der Waals surface area (Å²) < 4.78 is 16.3. The maximum atomic E-state index is 12.3. The van der Waals surface area contributed by atoms with E-state index in [1.54, 1.807) is 4.90 Å². The molecule has 0 spiro atoms. The van der Waals surface area contributed by atoms with Crippen LogP contribution in [0.25, 0.3) is 0 Å². The fourth-order valence-electron chi connectivity index (χ4n) is 2.60. The van der Waals surface area contributed by atoms with Crippen LogP contribution in [0.1, 0.15) is 31.7 Å². The van der Waals surface area contributed by atoms with E-state index in [0.29, 0.717) is 26.2 Å². The maximum absolute atomic E-state index is 12.3. The molecule has 6 nitrogen and oxygen atoms in total. The van der Waals surface area contributed by atoms with Crippen LogP contribution in [0, 0.1) is 5.92 Å². The molecule has 1 N–H and O–H groups in total. The van der Waals surface area contributed by atoms with Crippen molar-refractivity contribution >= 4 is 6.03 Å². The lowest BCUT2D eigenvalue weighted by molar-refractivity contribution is 0.121. The third kappa shape index (κ3) is 4.77. The molecule has 0 aromatic heterocycles. The molecule has 0 saturated heterocycles. The first kappa shape index (κ1) is 16.9. The van der Waals surface area contributed by atoms with Gasteiger partial charge in [-0.1, -0.05) is 6.07 Å². The highest BCUT2D eigenvalue weighted by Crippen LogP contribution is 2.32. The molecule has 1 heterocycles. The third-order valence-electron chi connectivity index (χ3n) is 4.27. The fourth-order valence-corrected chi connectivity index (χ4v) is 2.60. The second-order valence-electron chi connectivity index (χ2n) is 6.31. The summed E-state index contributed by atoms with van der Waals surface area (Å²) in [4.78, 5) is 14.1. The first-order valence-electron chi connectivity index (χ1n) is 8.75. The molecule has 1 aliphatic heterocycles. The van der Waals surface area contributed by atoms with Crippen LogP contribution < -0.4 is 14.8 Å². The van der Waals surface area contributed by atoms with Gasteiger partial charge in [0.05, 0.1) is 0 Å². The van der Waals surface area contributed by atoms with Gasteiger partial charge in [-0.2, -0.15) is 0 Å². The average Bonchev–Trinajstić information content (AvgIpc) is 3.30. The third-order valence-corrected chi connectivity index (χ3v) is 4.27. The van der Waals surface area contributed by atoms with Gasteiger partial charge in [0.15, 0.2) is 11.5 Å². The van der Waals surface area contributed by atoms with Crippen molar-refractivity contribution in [3.05, 3.63) is 23.8 Å². The van der Waals surface area contributed by atoms with Gasteiger partial charge >= 0.3 is 6.03 Å². The van der Waals surface area contributed by atoms with E-state index in [1.807, 2.05) is 25.1 Å². The highest BCUT2D eigenvalue weighted by atomic mass is 16.7. The quantitative estimate of drug-likeness (QED) is 0.706. The molecule has 24 heavy (non-hydrogen) atoms. The van der Waals surface area contributed by atoms with Crippen molar-refractivity contribution in [3.8, 4) is 11.5 Å². The molecule has 2 aliphatic rings. The lowest BCUT2D eigenvalue weighted by Gasteiger charge is -2.21. The maximum Gasteiger partial charge on any atom is 0.317 e. The molecule has 2 amide bonds. The Balaban J connectivity index is 1.38. The van der Waals surface area contributed by atoms with E-state index < -0.39 is 0 Å². The standard InChI is InChI=1S/C18H26N2O4/c1-2-20(11-15-6-7-16-17(10-15)24-13-23-16)18(21)19-8-3-9-22-12-14-4-5-14/h6-7,10,14H,2-5,8-9,11-13H2,1H3,(H,19,21). The van der Waals surface area contributed by atoms with Crippen LogP contribution >= 0.6 is 0 Å². The number of nitrogens with one attached hydrogen (secondary N) is 1. The van der Waals surface area contributed by atoms with Crippen molar-refractivity contribution < 1.29 is 19.0 Å². The minimum atomic E-state index is -0.0441. The van der Waals surface area contributed by atoms with Gasteiger partial charge in [0.1, 0.15) is 0 Å². The summed E-state index contributed by atoms with van der Waals surface area (Å²) in [6.07, 6.45) is 3.46. The SMILES string of the molecule is CCN(Cc1ccc2c(c1)OCO2)C(=O)NCCCOCC1CC1. The number of ether oxygens (including phenoxy) is 3.